The molecule has 6 rings (SSSR count). The van der Waals surface area contributed by atoms with Gasteiger partial charge in [0.15, 0.2) is 5.82 Å². The molecule has 1 atom stereocenters. The van der Waals surface area contributed by atoms with Crippen molar-refractivity contribution in [2.45, 2.75) is 44.1 Å². The highest BCUT2D eigenvalue weighted by atomic mass is 16.2. The predicted octanol–water partition coefficient (Wildman–Crippen LogP) is 2.86. The first-order chi connectivity index (χ1) is 16.1. The van der Waals surface area contributed by atoms with E-state index in [0.29, 0.717) is 36.6 Å². The molecule has 11 nitrogen and oxygen atoms in total. The Kier molecular flexibility index (Phi) is 4.49. The van der Waals surface area contributed by atoms with Crippen molar-refractivity contribution in [3.8, 4) is 0 Å². The van der Waals surface area contributed by atoms with Crippen LogP contribution in [0.5, 0.6) is 0 Å². The summed E-state index contributed by atoms with van der Waals surface area (Å²) in [6.45, 7) is 2.58. The number of hydrogen-bond donors (Lipinski definition) is 3. The third-order valence-corrected chi connectivity index (χ3v) is 6.39. The van der Waals surface area contributed by atoms with Crippen LogP contribution in [0.15, 0.2) is 42.9 Å². The van der Waals surface area contributed by atoms with Gasteiger partial charge in [-0.3, -0.25) is 19.6 Å². The summed E-state index contributed by atoms with van der Waals surface area (Å²) < 4.78 is 1.88. The van der Waals surface area contributed by atoms with Gasteiger partial charge in [0.2, 0.25) is 17.8 Å². The zero-order valence-electron chi connectivity index (χ0n) is 18.2. The van der Waals surface area contributed by atoms with E-state index in [9.17, 15) is 4.79 Å². The van der Waals surface area contributed by atoms with Crippen LogP contribution in [-0.2, 0) is 4.79 Å². The number of fused-ring (bicyclic) bond motifs is 1. The Labute approximate surface area is 189 Å². The first-order valence-electron chi connectivity index (χ1n) is 11.1. The van der Waals surface area contributed by atoms with Crippen molar-refractivity contribution in [3.63, 3.8) is 0 Å². The Hall–Kier alpha value is -4.02. The van der Waals surface area contributed by atoms with Crippen LogP contribution in [-0.4, -0.2) is 52.5 Å². The first-order valence-corrected chi connectivity index (χ1v) is 11.1. The standard InChI is InChI=1S/C22H24N10O/c1-22(18(33)27-19-23-9-4-10-24-19)8-3-12-32(22)21-26-17-5-2-11-31(17)20(28-21)25-16-13-15(29-30-16)14-6-7-14/h2,4-5,9-11,13-14H,3,6-8,12H2,1H3,(H,23,24,27,33)(H2,25,26,28,29,30)/t22-/m0/s1. The van der Waals surface area contributed by atoms with E-state index < -0.39 is 5.54 Å². The number of aromatic amines is 1. The molecule has 1 aliphatic heterocycles. The number of amides is 1. The molecule has 168 valence electrons. The number of carbonyl (C=O) groups excluding carboxylic acids is 1. The molecule has 1 amide bonds. The molecule has 0 unspecified atom stereocenters. The molecule has 1 saturated heterocycles. The molecule has 3 N–H and O–H groups in total. The normalized spacial score (nSPS) is 20.3. The van der Waals surface area contributed by atoms with Crippen LogP contribution in [0.4, 0.5) is 23.7 Å². The van der Waals surface area contributed by atoms with Crippen molar-refractivity contribution < 1.29 is 4.79 Å². The number of carbonyl (C=O) groups is 1. The van der Waals surface area contributed by atoms with E-state index in [-0.39, 0.29) is 11.9 Å². The van der Waals surface area contributed by atoms with Gasteiger partial charge in [-0.2, -0.15) is 15.1 Å². The minimum absolute atomic E-state index is 0.180. The van der Waals surface area contributed by atoms with Gasteiger partial charge >= 0.3 is 0 Å². The van der Waals surface area contributed by atoms with E-state index in [4.69, 9.17) is 9.97 Å². The maximum Gasteiger partial charge on any atom is 0.252 e. The van der Waals surface area contributed by atoms with E-state index in [1.54, 1.807) is 18.5 Å². The lowest BCUT2D eigenvalue weighted by molar-refractivity contribution is -0.120. The molecule has 0 bridgehead atoms. The van der Waals surface area contributed by atoms with E-state index in [1.165, 1.54) is 12.8 Å². The predicted molar refractivity (Wildman–Crippen MR) is 122 cm³/mol. The lowest BCUT2D eigenvalue weighted by Crippen LogP contribution is -2.52. The molecule has 0 radical (unpaired) electrons. The van der Waals surface area contributed by atoms with Gasteiger partial charge in [0.25, 0.3) is 5.91 Å². The molecule has 0 spiro atoms. The first kappa shape index (κ1) is 19.6. The van der Waals surface area contributed by atoms with Crippen molar-refractivity contribution >= 4 is 35.2 Å². The van der Waals surface area contributed by atoms with Crippen LogP contribution in [0, 0.1) is 0 Å². The number of nitrogens with zero attached hydrogens (tertiary/aromatic N) is 7. The summed E-state index contributed by atoms with van der Waals surface area (Å²) in [4.78, 5) is 33.0. The number of rotatable bonds is 6. The smallest absolute Gasteiger partial charge is 0.252 e. The van der Waals surface area contributed by atoms with Crippen LogP contribution in [0.2, 0.25) is 0 Å². The van der Waals surface area contributed by atoms with Crippen LogP contribution in [0.3, 0.4) is 0 Å². The third kappa shape index (κ3) is 3.55. The van der Waals surface area contributed by atoms with Gasteiger partial charge in [-0.05, 0) is 50.8 Å². The molecule has 2 fully saturated rings. The number of hydrogen-bond acceptors (Lipinski definition) is 8. The molecule has 4 aromatic heterocycles. The topological polar surface area (TPSA) is 129 Å². The lowest BCUT2D eigenvalue weighted by atomic mass is 9.98. The maximum absolute atomic E-state index is 13.3. The average molecular weight is 445 g/mol. The second-order valence-electron chi connectivity index (χ2n) is 8.75. The minimum Gasteiger partial charge on any atom is -0.326 e. The van der Waals surface area contributed by atoms with Gasteiger partial charge in [0, 0.05) is 42.8 Å². The summed E-state index contributed by atoms with van der Waals surface area (Å²) in [6, 6.07) is 7.58. The Bertz CT molecular complexity index is 1310. The van der Waals surface area contributed by atoms with E-state index in [2.05, 4.69) is 30.8 Å². The van der Waals surface area contributed by atoms with Gasteiger partial charge in [-0.15, -0.1) is 0 Å². The molecule has 1 aliphatic carbocycles. The van der Waals surface area contributed by atoms with Crippen molar-refractivity contribution in [1.82, 2.24) is 34.5 Å². The fraction of sp³-hybridized carbons (Fsp3) is 0.364. The maximum atomic E-state index is 13.3. The van der Waals surface area contributed by atoms with Crippen molar-refractivity contribution in [1.29, 1.82) is 0 Å². The number of anilines is 4. The number of aromatic nitrogens is 7. The summed E-state index contributed by atoms with van der Waals surface area (Å²) in [5.74, 6) is 2.48. The second-order valence-corrected chi connectivity index (χ2v) is 8.75. The number of nitrogens with one attached hydrogen (secondary N) is 3. The van der Waals surface area contributed by atoms with E-state index in [0.717, 1.165) is 17.8 Å². The Morgan fingerprint density at radius 1 is 1.21 bits per heavy atom. The summed E-state index contributed by atoms with van der Waals surface area (Å²) in [6.07, 6.45) is 9.02. The zero-order chi connectivity index (χ0) is 22.4. The molecule has 4 aromatic rings. The summed E-state index contributed by atoms with van der Waals surface area (Å²) >= 11 is 0. The summed E-state index contributed by atoms with van der Waals surface area (Å²) in [7, 11) is 0. The monoisotopic (exact) mass is 444 g/mol. The van der Waals surface area contributed by atoms with Gasteiger partial charge < -0.3 is 10.2 Å². The highest BCUT2D eigenvalue weighted by Crippen LogP contribution is 2.40. The third-order valence-electron chi connectivity index (χ3n) is 6.39. The quantitative estimate of drug-likeness (QED) is 0.414. The van der Waals surface area contributed by atoms with Crippen LogP contribution < -0.4 is 15.5 Å². The molecule has 1 saturated carbocycles. The van der Waals surface area contributed by atoms with Crippen LogP contribution in [0.25, 0.3) is 5.65 Å². The largest absolute Gasteiger partial charge is 0.326 e. The molecule has 0 aromatic carbocycles. The highest BCUT2D eigenvalue weighted by molar-refractivity contribution is 5.99. The summed E-state index contributed by atoms with van der Waals surface area (Å²) in [5.41, 5.74) is 1.05. The Morgan fingerprint density at radius 2 is 2.06 bits per heavy atom. The van der Waals surface area contributed by atoms with Crippen LogP contribution in [0.1, 0.15) is 44.2 Å². The van der Waals surface area contributed by atoms with E-state index in [1.807, 2.05) is 40.6 Å². The SMILES string of the molecule is C[C@@]1(C(=O)Nc2ncccn2)CCCN1c1nc(Nc2cc(C3CC3)[nH]n2)n2cccc2n1. The van der Waals surface area contributed by atoms with Crippen molar-refractivity contribution in [3.05, 3.63) is 48.5 Å². The fourth-order valence-electron chi connectivity index (χ4n) is 4.37. The second kappa shape index (κ2) is 7.54. The summed E-state index contributed by atoms with van der Waals surface area (Å²) in [5, 5.41) is 13.7. The van der Waals surface area contributed by atoms with Gasteiger partial charge in [0.05, 0.1) is 0 Å². The fourth-order valence-corrected chi connectivity index (χ4v) is 4.37. The number of H-pyrrole nitrogens is 1. The van der Waals surface area contributed by atoms with Gasteiger partial charge in [0.1, 0.15) is 11.2 Å². The van der Waals surface area contributed by atoms with E-state index >= 15 is 0 Å². The zero-order valence-corrected chi connectivity index (χ0v) is 18.2. The molecule has 5 heterocycles. The molecule has 33 heavy (non-hydrogen) atoms. The molecular formula is C22H24N10O. The molecule has 2 aliphatic rings. The minimum atomic E-state index is -0.827. The molecule has 11 heteroatoms. The van der Waals surface area contributed by atoms with Crippen molar-refractivity contribution in [2.24, 2.45) is 0 Å². The van der Waals surface area contributed by atoms with Crippen molar-refractivity contribution in [2.75, 3.05) is 22.1 Å². The Balaban J connectivity index is 1.32. The molecular weight excluding hydrogens is 420 g/mol. The van der Waals surface area contributed by atoms with Gasteiger partial charge in [-0.1, -0.05) is 0 Å². The lowest BCUT2D eigenvalue weighted by Gasteiger charge is -2.33. The highest BCUT2D eigenvalue weighted by Gasteiger charge is 2.45. The van der Waals surface area contributed by atoms with Gasteiger partial charge in [-0.25, -0.2) is 9.97 Å². The average Bonchev–Trinajstić information content (AvgIpc) is 3.20. The van der Waals surface area contributed by atoms with Crippen LogP contribution >= 0.6 is 0 Å². The Morgan fingerprint density at radius 3 is 2.88 bits per heavy atom.